The van der Waals surface area contributed by atoms with Gasteiger partial charge in [0.2, 0.25) is 0 Å². The Morgan fingerprint density at radius 1 is 1.14 bits per heavy atom. The van der Waals surface area contributed by atoms with Gasteiger partial charge in [-0.15, -0.1) is 5.10 Å². The normalized spacial score (nSPS) is 10.9. The highest BCUT2D eigenvalue weighted by Crippen LogP contribution is 2.33. The minimum atomic E-state index is -0.981. The molecule has 28 heavy (non-hydrogen) atoms. The van der Waals surface area contributed by atoms with Crippen molar-refractivity contribution in [3.8, 4) is 28.3 Å². The van der Waals surface area contributed by atoms with E-state index in [1.54, 1.807) is 36.4 Å². The van der Waals surface area contributed by atoms with Gasteiger partial charge in [0.05, 0.1) is 12.2 Å². The Kier molecular flexibility index (Phi) is 4.32. The van der Waals surface area contributed by atoms with Gasteiger partial charge in [-0.1, -0.05) is 23.4 Å². The third kappa shape index (κ3) is 3.09. The number of aromatic nitrogens is 5. The summed E-state index contributed by atoms with van der Waals surface area (Å²) < 4.78 is 5.77. The van der Waals surface area contributed by atoms with Crippen LogP contribution in [0.3, 0.4) is 0 Å². The summed E-state index contributed by atoms with van der Waals surface area (Å²) in [5, 5.41) is 18.9. The molecule has 0 bridgehead atoms. The van der Waals surface area contributed by atoms with Crippen molar-refractivity contribution >= 4 is 17.1 Å². The number of hydrogen-bond acceptors (Lipinski definition) is 6. The molecule has 0 aliphatic carbocycles. The second-order valence-electron chi connectivity index (χ2n) is 5.95. The number of carboxylic acids is 1. The Hall–Kier alpha value is -4.01. The molecule has 4 aromatic rings. The van der Waals surface area contributed by atoms with Gasteiger partial charge < -0.3 is 14.8 Å². The summed E-state index contributed by atoms with van der Waals surface area (Å²) in [6, 6.07) is 12.0. The molecule has 0 saturated carbocycles. The molecule has 4 rings (SSSR count). The molecule has 2 aromatic carbocycles. The second-order valence-corrected chi connectivity index (χ2v) is 5.95. The molecule has 9 heteroatoms. The van der Waals surface area contributed by atoms with Gasteiger partial charge in [0, 0.05) is 11.1 Å². The number of fused-ring (bicyclic) bond motifs is 1. The van der Waals surface area contributed by atoms with Crippen molar-refractivity contribution in [2.24, 2.45) is 0 Å². The van der Waals surface area contributed by atoms with E-state index in [-0.39, 0.29) is 16.6 Å². The third-order valence-corrected chi connectivity index (χ3v) is 4.20. The standard InChI is InChI=1S/C19H15N5O4/c1-2-28-14-9-12(16-20-17-15(18(25)21-16)22-24-23-17)7-8-13(14)10-3-5-11(6-4-10)19(26)27/h3-9H,2H2,1H3,(H,26,27)(H2,20,21,22,23,24,25). The number of aromatic amines is 2. The zero-order chi connectivity index (χ0) is 19.7. The van der Waals surface area contributed by atoms with Crippen molar-refractivity contribution in [2.45, 2.75) is 6.92 Å². The summed E-state index contributed by atoms with van der Waals surface area (Å²) >= 11 is 0. The Bertz CT molecular complexity index is 1230. The van der Waals surface area contributed by atoms with E-state index >= 15 is 0 Å². The molecular formula is C19H15N5O4. The predicted octanol–water partition coefficient (Wildman–Crippen LogP) is 2.47. The number of carboxylic acid groups (broad SMARTS) is 1. The van der Waals surface area contributed by atoms with Crippen LogP contribution in [0.5, 0.6) is 5.75 Å². The molecule has 0 radical (unpaired) electrons. The molecule has 0 aliphatic heterocycles. The lowest BCUT2D eigenvalue weighted by Gasteiger charge is -2.12. The molecule has 0 saturated heterocycles. The zero-order valence-corrected chi connectivity index (χ0v) is 14.8. The molecule has 2 aromatic heterocycles. The number of carbonyl (C=O) groups is 1. The van der Waals surface area contributed by atoms with Crippen LogP contribution in [-0.4, -0.2) is 43.1 Å². The number of nitrogens with one attached hydrogen (secondary N) is 2. The first-order valence-corrected chi connectivity index (χ1v) is 8.49. The fourth-order valence-electron chi connectivity index (χ4n) is 2.87. The molecule has 0 unspecified atom stereocenters. The highest BCUT2D eigenvalue weighted by atomic mass is 16.5. The molecule has 140 valence electrons. The summed E-state index contributed by atoms with van der Waals surface area (Å²) in [5.74, 6) is -0.0310. The summed E-state index contributed by atoms with van der Waals surface area (Å²) in [7, 11) is 0. The highest BCUT2D eigenvalue weighted by molar-refractivity contribution is 5.88. The molecule has 2 heterocycles. The summed E-state index contributed by atoms with van der Waals surface area (Å²) in [5.41, 5.74) is 2.53. The van der Waals surface area contributed by atoms with Crippen molar-refractivity contribution in [1.82, 2.24) is 25.4 Å². The molecule has 3 N–H and O–H groups in total. The van der Waals surface area contributed by atoms with Crippen LogP contribution >= 0.6 is 0 Å². The Balaban J connectivity index is 1.79. The fraction of sp³-hybridized carbons (Fsp3) is 0.105. The van der Waals surface area contributed by atoms with Crippen molar-refractivity contribution in [2.75, 3.05) is 6.61 Å². The number of nitrogens with zero attached hydrogens (tertiary/aromatic N) is 3. The lowest BCUT2D eigenvalue weighted by atomic mass is 10.0. The quantitative estimate of drug-likeness (QED) is 0.486. The molecular weight excluding hydrogens is 362 g/mol. The van der Waals surface area contributed by atoms with E-state index in [1.807, 2.05) is 13.0 Å². The molecule has 0 atom stereocenters. The van der Waals surface area contributed by atoms with Crippen LogP contribution in [0.15, 0.2) is 47.3 Å². The minimum absolute atomic E-state index is 0.143. The topological polar surface area (TPSA) is 134 Å². The summed E-state index contributed by atoms with van der Waals surface area (Å²) in [4.78, 5) is 30.2. The van der Waals surface area contributed by atoms with Crippen LogP contribution in [0.25, 0.3) is 33.7 Å². The molecule has 0 spiro atoms. The van der Waals surface area contributed by atoms with Crippen molar-refractivity contribution < 1.29 is 14.6 Å². The lowest BCUT2D eigenvalue weighted by Crippen LogP contribution is -2.09. The van der Waals surface area contributed by atoms with Crippen LogP contribution < -0.4 is 10.3 Å². The number of rotatable bonds is 5. The number of aromatic carboxylic acids is 1. The van der Waals surface area contributed by atoms with E-state index in [2.05, 4.69) is 25.4 Å². The highest BCUT2D eigenvalue weighted by Gasteiger charge is 2.13. The van der Waals surface area contributed by atoms with Crippen molar-refractivity contribution in [3.63, 3.8) is 0 Å². The first-order chi connectivity index (χ1) is 13.6. The van der Waals surface area contributed by atoms with E-state index < -0.39 is 5.97 Å². The summed E-state index contributed by atoms with van der Waals surface area (Å²) in [6.07, 6.45) is 0. The van der Waals surface area contributed by atoms with Gasteiger partial charge in [0.1, 0.15) is 11.6 Å². The maximum atomic E-state index is 12.1. The summed E-state index contributed by atoms with van der Waals surface area (Å²) in [6.45, 7) is 2.31. The smallest absolute Gasteiger partial charge is 0.335 e. The van der Waals surface area contributed by atoms with Gasteiger partial charge in [-0.2, -0.15) is 0 Å². The van der Waals surface area contributed by atoms with Crippen LogP contribution in [0.4, 0.5) is 0 Å². The fourth-order valence-corrected chi connectivity index (χ4v) is 2.87. The lowest BCUT2D eigenvalue weighted by molar-refractivity contribution is 0.0697. The van der Waals surface area contributed by atoms with E-state index in [0.29, 0.717) is 29.4 Å². The van der Waals surface area contributed by atoms with E-state index in [1.165, 1.54) is 0 Å². The second kappa shape index (κ2) is 6.95. The van der Waals surface area contributed by atoms with Crippen LogP contribution in [0.1, 0.15) is 17.3 Å². The van der Waals surface area contributed by atoms with Gasteiger partial charge >= 0.3 is 5.97 Å². The number of H-pyrrole nitrogens is 2. The first-order valence-electron chi connectivity index (χ1n) is 8.49. The monoisotopic (exact) mass is 377 g/mol. The largest absolute Gasteiger partial charge is 0.493 e. The molecule has 9 nitrogen and oxygen atoms in total. The zero-order valence-electron chi connectivity index (χ0n) is 14.8. The Morgan fingerprint density at radius 2 is 1.89 bits per heavy atom. The average Bonchev–Trinajstić information content (AvgIpc) is 3.18. The first kappa shape index (κ1) is 17.4. The van der Waals surface area contributed by atoms with E-state index in [9.17, 15) is 9.59 Å². The average molecular weight is 377 g/mol. The van der Waals surface area contributed by atoms with Gasteiger partial charge in [-0.05, 0) is 36.8 Å². The van der Waals surface area contributed by atoms with Crippen LogP contribution in [0, 0.1) is 0 Å². The molecule has 0 fully saturated rings. The maximum absolute atomic E-state index is 12.1. The number of benzene rings is 2. The SMILES string of the molecule is CCOc1cc(-c2nc3[nH]nnc3c(=O)[nH]2)ccc1-c1ccc(C(=O)O)cc1. The third-order valence-electron chi connectivity index (χ3n) is 4.20. The van der Waals surface area contributed by atoms with Crippen LogP contribution in [-0.2, 0) is 0 Å². The Labute approximate surface area is 158 Å². The predicted molar refractivity (Wildman–Crippen MR) is 101 cm³/mol. The molecule has 0 aliphatic rings. The minimum Gasteiger partial charge on any atom is -0.493 e. The van der Waals surface area contributed by atoms with Gasteiger partial charge in [-0.3, -0.25) is 4.79 Å². The Morgan fingerprint density at radius 3 is 2.61 bits per heavy atom. The molecule has 0 amide bonds. The van der Waals surface area contributed by atoms with Crippen molar-refractivity contribution in [1.29, 1.82) is 0 Å². The van der Waals surface area contributed by atoms with Gasteiger partial charge in [0.25, 0.3) is 5.56 Å². The van der Waals surface area contributed by atoms with Crippen molar-refractivity contribution in [3.05, 3.63) is 58.4 Å². The number of ether oxygens (including phenoxy) is 1. The van der Waals surface area contributed by atoms with Crippen LogP contribution in [0.2, 0.25) is 0 Å². The van der Waals surface area contributed by atoms with E-state index in [4.69, 9.17) is 9.84 Å². The van der Waals surface area contributed by atoms with Gasteiger partial charge in [-0.25, -0.2) is 14.9 Å². The van der Waals surface area contributed by atoms with Gasteiger partial charge in [0.15, 0.2) is 11.2 Å². The number of hydrogen-bond donors (Lipinski definition) is 3. The van der Waals surface area contributed by atoms with E-state index in [0.717, 1.165) is 11.1 Å². The maximum Gasteiger partial charge on any atom is 0.335 e.